The van der Waals surface area contributed by atoms with Crippen LogP contribution < -0.4 is 14.6 Å². The largest absolute Gasteiger partial charge is 0.432 e. The number of rotatable bonds is 8. The maximum absolute atomic E-state index is 13.2. The van der Waals surface area contributed by atoms with Crippen LogP contribution in [0.4, 0.5) is 5.95 Å². The molecule has 0 unspecified atom stereocenters. The minimum absolute atomic E-state index is 0.0195. The first-order valence-electron chi connectivity index (χ1n) is 12.7. The van der Waals surface area contributed by atoms with Gasteiger partial charge < -0.3 is 13.9 Å². The average molecular weight is 630 g/mol. The maximum Gasteiger partial charge on any atom is 0.380 e. The van der Waals surface area contributed by atoms with E-state index in [1.54, 1.807) is 47.1 Å². The van der Waals surface area contributed by atoms with Gasteiger partial charge in [-0.1, -0.05) is 23.7 Å². The van der Waals surface area contributed by atoms with Crippen LogP contribution in [-0.2, 0) is 20.3 Å². The number of benzene rings is 2. The number of nitrogens with two attached hydrogens (primary N) is 1. The van der Waals surface area contributed by atoms with E-state index in [0.29, 0.717) is 52.4 Å². The van der Waals surface area contributed by atoms with Gasteiger partial charge in [0.05, 0.1) is 10.6 Å². The number of halogens is 1. The lowest BCUT2D eigenvalue weighted by molar-refractivity contribution is 0.326. The third kappa shape index (κ3) is 5.82. The molecule has 1 saturated heterocycles. The zero-order chi connectivity index (χ0) is 29.5. The number of nitrogens with zero attached hydrogens (tertiary/aromatic N) is 5. The number of sulfonamides is 1. The number of imidazole rings is 1. The highest BCUT2D eigenvalue weighted by Crippen LogP contribution is 2.34. The van der Waals surface area contributed by atoms with Gasteiger partial charge in [-0.2, -0.15) is 22.8 Å². The zero-order valence-electron chi connectivity index (χ0n) is 21.8. The zero-order valence-corrected chi connectivity index (χ0v) is 24.2. The van der Waals surface area contributed by atoms with Crippen LogP contribution in [0, 0.1) is 0 Å². The van der Waals surface area contributed by atoms with Gasteiger partial charge in [-0.05, 0) is 55.3 Å². The summed E-state index contributed by atoms with van der Waals surface area (Å²) in [6.07, 6.45) is 6.12. The fraction of sp³-hybridized carbons (Fsp3) is 0.192. The standard InChI is InChI=1S/C26H24ClN7O6S2/c27-18-6-8-21(9-7-18)41(35,36)33-12-2-4-19(16-33)30-25-29-11-10-22(31-25)24-23(32-26-34(24)13-14-39-26)17-3-1-5-20(15-17)40-42(28,37)38/h1,3,5-11,13-15,19H,2,4,12,16H2,(H2,28,37,38)(H,29,30,31)/t19-/m1/s1. The first kappa shape index (κ1) is 28.1. The van der Waals surface area contributed by atoms with Gasteiger partial charge in [-0.25, -0.2) is 18.4 Å². The molecule has 4 heterocycles. The molecule has 0 radical (unpaired) electrons. The molecule has 1 atom stereocenters. The third-order valence-corrected chi connectivity index (χ3v) is 9.21. The molecule has 1 fully saturated rings. The van der Waals surface area contributed by atoms with Crippen LogP contribution in [0.2, 0.25) is 5.02 Å². The summed E-state index contributed by atoms with van der Waals surface area (Å²) in [5.74, 6) is 0.617. The minimum Gasteiger partial charge on any atom is -0.432 e. The lowest BCUT2D eigenvalue weighted by Gasteiger charge is -2.32. The van der Waals surface area contributed by atoms with Gasteiger partial charge in [0.1, 0.15) is 23.4 Å². The van der Waals surface area contributed by atoms with Gasteiger partial charge in [-0.15, -0.1) is 0 Å². The molecular formula is C26H24ClN7O6S2. The third-order valence-electron chi connectivity index (χ3n) is 6.65. The predicted octanol–water partition coefficient (Wildman–Crippen LogP) is 3.55. The molecular weight excluding hydrogens is 606 g/mol. The molecule has 3 N–H and O–H groups in total. The molecule has 6 rings (SSSR count). The summed E-state index contributed by atoms with van der Waals surface area (Å²) >= 11 is 5.94. The number of piperidine rings is 1. The van der Waals surface area contributed by atoms with Crippen LogP contribution in [0.5, 0.6) is 5.75 Å². The lowest BCUT2D eigenvalue weighted by Crippen LogP contribution is -2.45. The molecule has 1 aliphatic rings. The quantitative estimate of drug-likeness (QED) is 0.258. The van der Waals surface area contributed by atoms with E-state index < -0.39 is 20.3 Å². The molecule has 13 nitrogen and oxygen atoms in total. The van der Waals surface area contributed by atoms with E-state index in [9.17, 15) is 16.8 Å². The van der Waals surface area contributed by atoms with Crippen molar-refractivity contribution < 1.29 is 25.4 Å². The minimum atomic E-state index is -4.22. The first-order chi connectivity index (χ1) is 20.1. The van der Waals surface area contributed by atoms with Crippen molar-refractivity contribution in [3.63, 3.8) is 0 Å². The topological polar surface area (TPSA) is 175 Å². The molecule has 1 aliphatic heterocycles. The van der Waals surface area contributed by atoms with Gasteiger partial charge >= 0.3 is 16.1 Å². The molecule has 42 heavy (non-hydrogen) atoms. The van der Waals surface area contributed by atoms with Crippen LogP contribution in [0.25, 0.3) is 28.5 Å². The smallest absolute Gasteiger partial charge is 0.380 e. The Bertz CT molecular complexity index is 1980. The molecule has 5 aromatic rings. The molecule has 0 amide bonds. The number of fused-ring (bicyclic) bond motifs is 1. The van der Waals surface area contributed by atoms with Crippen molar-refractivity contribution in [1.29, 1.82) is 0 Å². The summed E-state index contributed by atoms with van der Waals surface area (Å²) in [7, 11) is -7.92. The molecule has 0 spiro atoms. The predicted molar refractivity (Wildman–Crippen MR) is 155 cm³/mol. The van der Waals surface area contributed by atoms with E-state index in [1.807, 2.05) is 0 Å². The van der Waals surface area contributed by atoms with Crippen molar-refractivity contribution in [2.24, 2.45) is 5.14 Å². The molecule has 0 bridgehead atoms. The van der Waals surface area contributed by atoms with Crippen molar-refractivity contribution >= 4 is 43.7 Å². The van der Waals surface area contributed by atoms with Crippen molar-refractivity contribution in [3.8, 4) is 28.4 Å². The van der Waals surface area contributed by atoms with Crippen molar-refractivity contribution in [2.75, 3.05) is 18.4 Å². The van der Waals surface area contributed by atoms with E-state index in [-0.39, 0.29) is 23.2 Å². The number of anilines is 1. The van der Waals surface area contributed by atoms with Crippen molar-refractivity contribution in [1.82, 2.24) is 23.7 Å². The molecule has 218 valence electrons. The summed E-state index contributed by atoms with van der Waals surface area (Å²) < 4.78 is 62.9. The summed E-state index contributed by atoms with van der Waals surface area (Å²) in [6, 6.07) is 13.9. The second-order valence-electron chi connectivity index (χ2n) is 9.53. The Morgan fingerprint density at radius 3 is 2.67 bits per heavy atom. The van der Waals surface area contributed by atoms with Crippen LogP contribution in [0.1, 0.15) is 12.8 Å². The SMILES string of the molecule is NS(=O)(=O)Oc1cccc(-c2nc3occn3c2-c2ccnc(N[C@@H]3CCCN(S(=O)(=O)c4ccc(Cl)cc4)C3)n2)c1. The number of hydrogen-bond acceptors (Lipinski definition) is 10. The summed E-state index contributed by atoms with van der Waals surface area (Å²) in [5, 5.41) is 8.77. The fourth-order valence-electron chi connectivity index (χ4n) is 4.84. The fourth-order valence-corrected chi connectivity index (χ4v) is 6.86. The van der Waals surface area contributed by atoms with Gasteiger partial charge in [0.25, 0.3) is 0 Å². The number of nitrogens with one attached hydrogen (secondary N) is 1. The van der Waals surface area contributed by atoms with Gasteiger partial charge in [0, 0.05) is 42.1 Å². The number of oxazole rings is 1. The van der Waals surface area contributed by atoms with Gasteiger partial charge in [0.15, 0.2) is 0 Å². The average Bonchev–Trinajstić information content (AvgIpc) is 3.55. The van der Waals surface area contributed by atoms with Crippen molar-refractivity contribution in [3.05, 3.63) is 78.3 Å². The summed E-state index contributed by atoms with van der Waals surface area (Å²) in [4.78, 5) is 13.8. The van der Waals surface area contributed by atoms with Crippen LogP contribution in [0.15, 0.2) is 82.6 Å². The number of hydrogen-bond donors (Lipinski definition) is 2. The van der Waals surface area contributed by atoms with E-state index >= 15 is 0 Å². The lowest BCUT2D eigenvalue weighted by atomic mass is 10.1. The molecule has 0 aliphatic carbocycles. The monoisotopic (exact) mass is 629 g/mol. The normalized spacial score (nSPS) is 16.5. The van der Waals surface area contributed by atoms with E-state index in [2.05, 4.69) is 15.3 Å². The highest BCUT2D eigenvalue weighted by atomic mass is 35.5. The van der Waals surface area contributed by atoms with Crippen LogP contribution in [0.3, 0.4) is 0 Å². The summed E-state index contributed by atoms with van der Waals surface area (Å²) in [5.41, 5.74) is 2.05. The Hall–Kier alpha value is -4.02. The van der Waals surface area contributed by atoms with E-state index in [4.69, 9.17) is 30.3 Å². The van der Waals surface area contributed by atoms with Gasteiger partial charge in [-0.3, -0.25) is 4.40 Å². The highest BCUT2D eigenvalue weighted by molar-refractivity contribution is 7.89. The Labute approximate surface area is 246 Å². The van der Waals surface area contributed by atoms with Crippen molar-refractivity contribution in [2.45, 2.75) is 23.8 Å². The van der Waals surface area contributed by atoms with Crippen LogP contribution >= 0.6 is 11.6 Å². The molecule has 16 heteroatoms. The second-order valence-corrected chi connectivity index (χ2v) is 13.1. The Kier molecular flexibility index (Phi) is 7.36. The van der Waals surface area contributed by atoms with Crippen LogP contribution in [-0.4, -0.2) is 59.6 Å². The Morgan fingerprint density at radius 1 is 1.07 bits per heavy atom. The Balaban J connectivity index is 1.28. The van der Waals surface area contributed by atoms with Gasteiger partial charge in [0.2, 0.25) is 16.0 Å². The first-order valence-corrected chi connectivity index (χ1v) is 16.0. The molecule has 3 aromatic heterocycles. The molecule has 0 saturated carbocycles. The second kappa shape index (κ2) is 11.0. The Morgan fingerprint density at radius 2 is 1.88 bits per heavy atom. The summed E-state index contributed by atoms with van der Waals surface area (Å²) in [6.45, 7) is 0.634. The highest BCUT2D eigenvalue weighted by Gasteiger charge is 2.31. The van der Waals surface area contributed by atoms with E-state index in [0.717, 1.165) is 6.42 Å². The number of aromatic nitrogens is 4. The molecule has 2 aromatic carbocycles. The maximum atomic E-state index is 13.2. The van der Waals surface area contributed by atoms with E-state index in [1.165, 1.54) is 34.8 Å².